The van der Waals surface area contributed by atoms with E-state index in [1.54, 1.807) is 6.07 Å². The number of hydrogen-bond acceptors (Lipinski definition) is 3. The van der Waals surface area contributed by atoms with Gasteiger partial charge in [-0.25, -0.2) is 0 Å². The Morgan fingerprint density at radius 2 is 2.18 bits per heavy atom. The van der Waals surface area contributed by atoms with E-state index in [0.717, 1.165) is 24.9 Å². The number of carbonyl (C=O) groups excluding carboxylic acids is 1. The summed E-state index contributed by atoms with van der Waals surface area (Å²) in [7, 11) is 0. The second kappa shape index (κ2) is 6.69. The van der Waals surface area contributed by atoms with Crippen LogP contribution in [0.3, 0.4) is 0 Å². The van der Waals surface area contributed by atoms with E-state index in [1.807, 2.05) is 25.1 Å². The fraction of sp³-hybridized carbons (Fsp3) is 0.611. The molecule has 1 saturated heterocycles. The summed E-state index contributed by atoms with van der Waals surface area (Å²) >= 11 is 0. The van der Waals surface area contributed by atoms with Gasteiger partial charge >= 0.3 is 0 Å². The molecule has 22 heavy (non-hydrogen) atoms. The molecule has 1 N–H and O–H groups in total. The number of nitrogens with zero attached hydrogens (tertiary/aromatic N) is 1. The summed E-state index contributed by atoms with van der Waals surface area (Å²) in [5.74, 6) is 1.45. The molecule has 1 saturated carbocycles. The van der Waals surface area contributed by atoms with Crippen LogP contribution in [-0.4, -0.2) is 34.6 Å². The molecule has 2 fully saturated rings. The molecule has 0 radical (unpaired) electrons. The first-order chi connectivity index (χ1) is 10.7. The van der Waals surface area contributed by atoms with Gasteiger partial charge in [-0.2, -0.15) is 0 Å². The minimum atomic E-state index is -0.478. The molecule has 1 aliphatic carbocycles. The number of fused-ring (bicyclic) bond motifs is 1. The molecule has 1 aromatic carbocycles. The topological polar surface area (TPSA) is 49.8 Å². The Morgan fingerprint density at radius 1 is 1.36 bits per heavy atom. The maximum atomic E-state index is 12.8. The van der Waals surface area contributed by atoms with Crippen molar-refractivity contribution in [2.45, 2.75) is 57.8 Å². The molecule has 0 bridgehead atoms. The summed E-state index contributed by atoms with van der Waals surface area (Å²) in [5.41, 5.74) is 0.797. The van der Waals surface area contributed by atoms with Gasteiger partial charge in [0.2, 0.25) is 0 Å². The zero-order chi connectivity index (χ0) is 15.5. The fourth-order valence-corrected chi connectivity index (χ4v) is 3.93. The smallest absolute Gasteiger partial charge is 0.263 e. The number of benzene rings is 1. The summed E-state index contributed by atoms with van der Waals surface area (Å²) in [6, 6.07) is 7.73. The van der Waals surface area contributed by atoms with Crippen LogP contribution in [0.5, 0.6) is 5.75 Å². The maximum Gasteiger partial charge on any atom is 0.263 e. The van der Waals surface area contributed by atoms with Crippen molar-refractivity contribution in [3.05, 3.63) is 29.8 Å². The molecular formula is C18H25NO3. The SMILES string of the molecule is CC(Oc1cccc(CO)c1)C(=O)N1CCCC2CCCC21. The van der Waals surface area contributed by atoms with Gasteiger partial charge in [0.1, 0.15) is 5.75 Å². The number of hydrogen-bond donors (Lipinski definition) is 1. The van der Waals surface area contributed by atoms with Crippen LogP contribution in [0.1, 0.15) is 44.6 Å². The van der Waals surface area contributed by atoms with Crippen molar-refractivity contribution in [3.8, 4) is 5.75 Å². The zero-order valence-electron chi connectivity index (χ0n) is 13.2. The molecule has 0 aromatic heterocycles. The van der Waals surface area contributed by atoms with E-state index in [-0.39, 0.29) is 12.5 Å². The van der Waals surface area contributed by atoms with Crippen molar-refractivity contribution < 1.29 is 14.6 Å². The first-order valence-corrected chi connectivity index (χ1v) is 8.36. The predicted molar refractivity (Wildman–Crippen MR) is 84.5 cm³/mol. The van der Waals surface area contributed by atoms with Gasteiger partial charge in [-0.1, -0.05) is 18.6 Å². The highest BCUT2D eigenvalue weighted by atomic mass is 16.5. The molecule has 4 heteroatoms. The van der Waals surface area contributed by atoms with Crippen LogP contribution in [0, 0.1) is 5.92 Å². The van der Waals surface area contributed by atoms with Crippen molar-refractivity contribution in [2.75, 3.05) is 6.54 Å². The Balaban J connectivity index is 1.66. The minimum absolute atomic E-state index is 0.0184. The van der Waals surface area contributed by atoms with Crippen LogP contribution in [0.4, 0.5) is 0 Å². The van der Waals surface area contributed by atoms with Gasteiger partial charge in [-0.15, -0.1) is 0 Å². The van der Waals surface area contributed by atoms with Crippen molar-refractivity contribution in [2.24, 2.45) is 5.92 Å². The highest BCUT2D eigenvalue weighted by Crippen LogP contribution is 2.37. The lowest BCUT2D eigenvalue weighted by Gasteiger charge is -2.39. The third-order valence-electron chi connectivity index (χ3n) is 5.02. The number of rotatable bonds is 4. The van der Waals surface area contributed by atoms with Crippen molar-refractivity contribution in [1.82, 2.24) is 4.90 Å². The van der Waals surface area contributed by atoms with Crippen LogP contribution in [-0.2, 0) is 11.4 Å². The summed E-state index contributed by atoms with van der Waals surface area (Å²) < 4.78 is 5.82. The number of aliphatic hydroxyl groups excluding tert-OH is 1. The number of ether oxygens (including phenoxy) is 1. The Bertz CT molecular complexity index is 531. The third-order valence-corrected chi connectivity index (χ3v) is 5.02. The highest BCUT2D eigenvalue weighted by Gasteiger charge is 2.38. The Labute approximate surface area is 132 Å². The van der Waals surface area contributed by atoms with Crippen molar-refractivity contribution in [1.29, 1.82) is 0 Å². The zero-order valence-corrected chi connectivity index (χ0v) is 13.2. The van der Waals surface area contributed by atoms with Crippen LogP contribution >= 0.6 is 0 Å². The average molecular weight is 303 g/mol. The molecule has 3 unspecified atom stereocenters. The van der Waals surface area contributed by atoms with Gasteiger partial charge in [0.25, 0.3) is 5.91 Å². The summed E-state index contributed by atoms with van der Waals surface area (Å²) in [6.07, 6.45) is 5.55. The van der Waals surface area contributed by atoms with E-state index >= 15 is 0 Å². The normalized spacial score (nSPS) is 25.6. The average Bonchev–Trinajstić information content (AvgIpc) is 3.02. The summed E-state index contributed by atoms with van der Waals surface area (Å²) in [4.78, 5) is 14.8. The van der Waals surface area contributed by atoms with Gasteiger partial charge in [0.15, 0.2) is 6.10 Å². The van der Waals surface area contributed by atoms with Crippen LogP contribution in [0.15, 0.2) is 24.3 Å². The van der Waals surface area contributed by atoms with Crippen LogP contribution in [0.25, 0.3) is 0 Å². The van der Waals surface area contributed by atoms with E-state index in [4.69, 9.17) is 4.74 Å². The molecule has 0 spiro atoms. The lowest BCUT2D eigenvalue weighted by Crippen LogP contribution is -2.50. The minimum Gasteiger partial charge on any atom is -0.481 e. The molecule has 1 aliphatic heterocycles. The number of carbonyl (C=O) groups is 1. The highest BCUT2D eigenvalue weighted by molar-refractivity contribution is 5.81. The number of aliphatic hydroxyl groups is 1. The molecular weight excluding hydrogens is 278 g/mol. The maximum absolute atomic E-state index is 12.8. The molecule has 1 amide bonds. The van der Waals surface area contributed by atoms with Crippen LogP contribution in [0.2, 0.25) is 0 Å². The number of piperidine rings is 1. The van der Waals surface area contributed by atoms with E-state index in [2.05, 4.69) is 4.90 Å². The van der Waals surface area contributed by atoms with Crippen LogP contribution < -0.4 is 4.74 Å². The summed E-state index contributed by atoms with van der Waals surface area (Å²) in [6.45, 7) is 2.67. The van der Waals surface area contributed by atoms with Gasteiger partial charge < -0.3 is 14.7 Å². The van der Waals surface area contributed by atoms with Crippen molar-refractivity contribution >= 4 is 5.91 Å². The van der Waals surface area contributed by atoms with Crippen molar-refractivity contribution in [3.63, 3.8) is 0 Å². The molecule has 3 rings (SSSR count). The standard InChI is InChI=1S/C18H25NO3/c1-13(22-16-8-2-5-14(11-16)12-20)18(21)19-10-4-7-15-6-3-9-17(15)19/h2,5,8,11,13,15,17,20H,3-4,6-7,9-10,12H2,1H3. The van der Waals surface area contributed by atoms with Gasteiger partial charge in [-0.3, -0.25) is 4.79 Å². The van der Waals surface area contributed by atoms with Gasteiger partial charge in [-0.05, 0) is 56.2 Å². The molecule has 3 atom stereocenters. The van der Waals surface area contributed by atoms with Gasteiger partial charge in [0, 0.05) is 12.6 Å². The quantitative estimate of drug-likeness (QED) is 0.930. The molecule has 120 valence electrons. The first kappa shape index (κ1) is 15.3. The fourth-order valence-electron chi connectivity index (χ4n) is 3.93. The Hall–Kier alpha value is -1.55. The number of likely N-dealkylation sites (tertiary alicyclic amines) is 1. The molecule has 1 heterocycles. The van der Waals surface area contributed by atoms with E-state index < -0.39 is 6.10 Å². The van der Waals surface area contributed by atoms with Gasteiger partial charge in [0.05, 0.1) is 6.61 Å². The van der Waals surface area contributed by atoms with E-state index in [9.17, 15) is 9.90 Å². The first-order valence-electron chi connectivity index (χ1n) is 8.36. The monoisotopic (exact) mass is 303 g/mol. The second-order valence-corrected chi connectivity index (χ2v) is 6.50. The lowest BCUT2D eigenvalue weighted by atomic mass is 9.91. The predicted octanol–water partition coefficient (Wildman–Crippen LogP) is 2.74. The Morgan fingerprint density at radius 3 is 3.00 bits per heavy atom. The molecule has 1 aromatic rings. The van der Waals surface area contributed by atoms with E-state index in [0.29, 0.717) is 17.7 Å². The lowest BCUT2D eigenvalue weighted by molar-refractivity contribution is -0.142. The summed E-state index contributed by atoms with van der Waals surface area (Å²) in [5, 5.41) is 9.18. The third kappa shape index (κ3) is 3.12. The number of amides is 1. The molecule has 2 aliphatic rings. The largest absolute Gasteiger partial charge is 0.481 e. The second-order valence-electron chi connectivity index (χ2n) is 6.50. The van der Waals surface area contributed by atoms with E-state index in [1.165, 1.54) is 19.3 Å². The Kier molecular flexibility index (Phi) is 4.67. The molecule has 4 nitrogen and oxygen atoms in total.